The van der Waals surface area contributed by atoms with E-state index in [1.165, 1.54) is 22.4 Å². The third-order valence-electron chi connectivity index (χ3n) is 3.77. The fraction of sp³-hybridized carbons (Fsp3) is 0.158. The normalized spacial score (nSPS) is 12.5. The highest BCUT2D eigenvalue weighted by molar-refractivity contribution is 5.82. The Labute approximate surface area is 124 Å². The summed E-state index contributed by atoms with van der Waals surface area (Å²) >= 11 is 0. The van der Waals surface area contributed by atoms with E-state index in [9.17, 15) is 4.39 Å². The van der Waals surface area contributed by atoms with E-state index in [1.54, 1.807) is 12.1 Å². The smallest absolute Gasteiger partial charge is 0.123 e. The van der Waals surface area contributed by atoms with Crippen LogP contribution in [0.15, 0.2) is 66.7 Å². The summed E-state index contributed by atoms with van der Waals surface area (Å²) in [5.41, 5.74) is 2.20. The fourth-order valence-corrected chi connectivity index (χ4v) is 2.51. The summed E-state index contributed by atoms with van der Waals surface area (Å²) in [6.45, 7) is 2.82. The molecule has 0 saturated carbocycles. The molecule has 0 aliphatic rings. The third kappa shape index (κ3) is 3.29. The quantitative estimate of drug-likeness (QED) is 0.721. The molecule has 0 aromatic heterocycles. The molecule has 106 valence electrons. The minimum Gasteiger partial charge on any atom is -0.306 e. The van der Waals surface area contributed by atoms with Gasteiger partial charge >= 0.3 is 0 Å². The number of nitrogens with one attached hydrogen (secondary N) is 1. The summed E-state index contributed by atoms with van der Waals surface area (Å²) in [6.07, 6.45) is 0. The van der Waals surface area contributed by atoms with Gasteiger partial charge in [0, 0.05) is 12.6 Å². The number of hydrogen-bond acceptors (Lipinski definition) is 1. The van der Waals surface area contributed by atoms with E-state index in [1.807, 2.05) is 12.1 Å². The minimum absolute atomic E-state index is 0.118. The van der Waals surface area contributed by atoms with Crippen LogP contribution in [0.4, 0.5) is 4.39 Å². The van der Waals surface area contributed by atoms with Crippen LogP contribution in [0.5, 0.6) is 0 Å². The number of benzene rings is 3. The SMILES string of the molecule is CC(NCc1ccc2ccccc2c1)c1cccc(F)c1. The van der Waals surface area contributed by atoms with Gasteiger partial charge in [-0.05, 0) is 47.0 Å². The largest absolute Gasteiger partial charge is 0.306 e. The highest BCUT2D eigenvalue weighted by atomic mass is 19.1. The Morgan fingerprint density at radius 2 is 1.71 bits per heavy atom. The van der Waals surface area contributed by atoms with Crippen molar-refractivity contribution in [1.29, 1.82) is 0 Å². The summed E-state index contributed by atoms with van der Waals surface area (Å²) in [5.74, 6) is -0.188. The van der Waals surface area contributed by atoms with Crippen LogP contribution < -0.4 is 5.32 Å². The standard InChI is InChI=1S/C19H18FN/c1-14(17-7-4-8-19(20)12-17)21-13-15-9-10-16-5-2-3-6-18(16)11-15/h2-12,14,21H,13H2,1H3. The van der Waals surface area contributed by atoms with E-state index >= 15 is 0 Å². The predicted octanol–water partition coefficient (Wildman–Crippen LogP) is 4.83. The first-order chi connectivity index (χ1) is 10.2. The minimum atomic E-state index is -0.188. The van der Waals surface area contributed by atoms with Crippen molar-refractivity contribution in [3.05, 3.63) is 83.7 Å². The van der Waals surface area contributed by atoms with Crippen molar-refractivity contribution in [3.8, 4) is 0 Å². The molecule has 1 N–H and O–H groups in total. The highest BCUT2D eigenvalue weighted by Crippen LogP contribution is 2.17. The molecule has 0 saturated heterocycles. The van der Waals surface area contributed by atoms with Gasteiger partial charge in [-0.1, -0.05) is 48.5 Å². The highest BCUT2D eigenvalue weighted by Gasteiger charge is 2.06. The summed E-state index contributed by atoms with van der Waals surface area (Å²) in [6, 6.07) is 21.7. The second-order valence-corrected chi connectivity index (χ2v) is 5.34. The zero-order valence-corrected chi connectivity index (χ0v) is 12.0. The predicted molar refractivity (Wildman–Crippen MR) is 85.6 cm³/mol. The molecule has 0 amide bonds. The molecule has 1 nitrogen and oxygen atoms in total. The van der Waals surface area contributed by atoms with Crippen molar-refractivity contribution in [1.82, 2.24) is 5.32 Å². The van der Waals surface area contributed by atoms with Gasteiger partial charge in [0.25, 0.3) is 0 Å². The average molecular weight is 279 g/mol. The van der Waals surface area contributed by atoms with Gasteiger partial charge < -0.3 is 5.32 Å². The zero-order chi connectivity index (χ0) is 14.7. The Hall–Kier alpha value is -2.19. The fourth-order valence-electron chi connectivity index (χ4n) is 2.51. The molecule has 1 unspecified atom stereocenters. The first kappa shape index (κ1) is 13.8. The second kappa shape index (κ2) is 6.06. The van der Waals surface area contributed by atoms with Crippen LogP contribution in [-0.2, 0) is 6.54 Å². The topological polar surface area (TPSA) is 12.0 Å². The Balaban J connectivity index is 1.71. The van der Waals surface area contributed by atoms with Crippen LogP contribution in [0.25, 0.3) is 10.8 Å². The molecule has 21 heavy (non-hydrogen) atoms. The third-order valence-corrected chi connectivity index (χ3v) is 3.77. The van der Waals surface area contributed by atoms with Crippen LogP contribution in [0.2, 0.25) is 0 Å². The maximum atomic E-state index is 13.2. The average Bonchev–Trinajstić information content (AvgIpc) is 2.52. The Kier molecular flexibility index (Phi) is 3.98. The number of rotatable bonds is 4. The van der Waals surface area contributed by atoms with E-state index in [0.717, 1.165) is 12.1 Å². The van der Waals surface area contributed by atoms with Gasteiger partial charge in [0.15, 0.2) is 0 Å². The van der Waals surface area contributed by atoms with E-state index in [-0.39, 0.29) is 11.9 Å². The molecule has 1 atom stereocenters. The van der Waals surface area contributed by atoms with E-state index in [0.29, 0.717) is 0 Å². The molecule has 3 rings (SSSR count). The van der Waals surface area contributed by atoms with Crippen LogP contribution in [0.3, 0.4) is 0 Å². The van der Waals surface area contributed by atoms with E-state index in [4.69, 9.17) is 0 Å². The molecule has 0 aliphatic carbocycles. The Morgan fingerprint density at radius 3 is 2.52 bits per heavy atom. The molecule has 0 heterocycles. The lowest BCUT2D eigenvalue weighted by molar-refractivity contribution is 0.565. The van der Waals surface area contributed by atoms with Crippen molar-refractivity contribution < 1.29 is 4.39 Å². The summed E-state index contributed by atoms with van der Waals surface area (Å²) in [4.78, 5) is 0. The summed E-state index contributed by atoms with van der Waals surface area (Å²) in [7, 11) is 0. The van der Waals surface area contributed by atoms with Crippen molar-refractivity contribution in [2.75, 3.05) is 0 Å². The lowest BCUT2D eigenvalue weighted by Gasteiger charge is -2.14. The number of halogens is 1. The molecule has 0 aliphatic heterocycles. The second-order valence-electron chi connectivity index (χ2n) is 5.34. The van der Waals surface area contributed by atoms with Gasteiger partial charge in [-0.3, -0.25) is 0 Å². The van der Waals surface area contributed by atoms with Crippen molar-refractivity contribution in [2.24, 2.45) is 0 Å². The molecular formula is C19H18FN. The first-order valence-electron chi connectivity index (χ1n) is 7.19. The van der Waals surface area contributed by atoms with Crippen LogP contribution in [0.1, 0.15) is 24.1 Å². The van der Waals surface area contributed by atoms with Gasteiger partial charge in [-0.15, -0.1) is 0 Å². The Morgan fingerprint density at radius 1 is 0.905 bits per heavy atom. The molecule has 2 heteroatoms. The van der Waals surface area contributed by atoms with Gasteiger partial charge in [0.05, 0.1) is 0 Å². The Bertz CT molecular complexity index is 751. The first-order valence-corrected chi connectivity index (χ1v) is 7.19. The van der Waals surface area contributed by atoms with Gasteiger partial charge in [-0.2, -0.15) is 0 Å². The van der Waals surface area contributed by atoms with E-state index in [2.05, 4.69) is 48.6 Å². The van der Waals surface area contributed by atoms with Gasteiger partial charge in [0.1, 0.15) is 5.82 Å². The van der Waals surface area contributed by atoms with Gasteiger partial charge in [0.2, 0.25) is 0 Å². The van der Waals surface area contributed by atoms with Crippen LogP contribution in [-0.4, -0.2) is 0 Å². The molecule has 0 bridgehead atoms. The van der Waals surface area contributed by atoms with Crippen molar-refractivity contribution in [2.45, 2.75) is 19.5 Å². The molecular weight excluding hydrogens is 261 g/mol. The molecule has 3 aromatic carbocycles. The maximum Gasteiger partial charge on any atom is 0.123 e. The molecule has 3 aromatic rings. The zero-order valence-electron chi connectivity index (χ0n) is 12.0. The summed E-state index contributed by atoms with van der Waals surface area (Å²) in [5, 5.41) is 5.94. The maximum absolute atomic E-state index is 13.2. The molecule has 0 fully saturated rings. The van der Waals surface area contributed by atoms with Crippen molar-refractivity contribution >= 4 is 10.8 Å². The number of fused-ring (bicyclic) bond motifs is 1. The summed E-state index contributed by atoms with van der Waals surface area (Å²) < 4.78 is 13.2. The van der Waals surface area contributed by atoms with Crippen molar-refractivity contribution in [3.63, 3.8) is 0 Å². The molecule has 0 spiro atoms. The lowest BCUT2D eigenvalue weighted by Crippen LogP contribution is -2.18. The van der Waals surface area contributed by atoms with E-state index < -0.39 is 0 Å². The number of hydrogen-bond donors (Lipinski definition) is 1. The van der Waals surface area contributed by atoms with Crippen LogP contribution in [0, 0.1) is 5.82 Å². The van der Waals surface area contributed by atoms with Crippen LogP contribution >= 0.6 is 0 Å². The lowest BCUT2D eigenvalue weighted by atomic mass is 10.1. The molecule has 0 radical (unpaired) electrons. The van der Waals surface area contributed by atoms with Gasteiger partial charge in [-0.25, -0.2) is 4.39 Å². The monoisotopic (exact) mass is 279 g/mol.